The fourth-order valence-corrected chi connectivity index (χ4v) is 2.05. The predicted octanol–water partition coefficient (Wildman–Crippen LogP) is 0.855. The van der Waals surface area contributed by atoms with Gasteiger partial charge >= 0.3 is 0 Å². The smallest absolute Gasteiger partial charge is 0.153 e. The van der Waals surface area contributed by atoms with Crippen molar-refractivity contribution >= 4 is 12.1 Å². The number of aliphatic hydroxyl groups is 1. The summed E-state index contributed by atoms with van der Waals surface area (Å²) in [7, 11) is 0. The molecule has 0 radical (unpaired) electrons. The van der Waals surface area contributed by atoms with Crippen LogP contribution in [0.15, 0.2) is 18.3 Å². The SMILES string of the molecule is O=Cc1cccnc1N1CCC[C@@H]1CO. The van der Waals surface area contributed by atoms with Gasteiger partial charge in [-0.25, -0.2) is 4.98 Å². The monoisotopic (exact) mass is 206 g/mol. The highest BCUT2D eigenvalue weighted by Crippen LogP contribution is 2.25. The van der Waals surface area contributed by atoms with E-state index in [1.807, 2.05) is 4.90 Å². The van der Waals surface area contributed by atoms with Crippen LogP contribution in [0.2, 0.25) is 0 Å². The topological polar surface area (TPSA) is 53.4 Å². The molecule has 4 heteroatoms. The third kappa shape index (κ3) is 1.85. The molecule has 0 spiro atoms. The molecule has 0 bridgehead atoms. The zero-order chi connectivity index (χ0) is 10.7. The summed E-state index contributed by atoms with van der Waals surface area (Å²) in [4.78, 5) is 17.1. The quantitative estimate of drug-likeness (QED) is 0.745. The summed E-state index contributed by atoms with van der Waals surface area (Å²) in [6.45, 7) is 0.984. The number of rotatable bonds is 3. The first-order valence-corrected chi connectivity index (χ1v) is 5.14. The van der Waals surface area contributed by atoms with Gasteiger partial charge in [0.2, 0.25) is 0 Å². The van der Waals surface area contributed by atoms with E-state index in [1.54, 1.807) is 18.3 Å². The summed E-state index contributed by atoms with van der Waals surface area (Å²) in [6.07, 6.45) is 4.50. The van der Waals surface area contributed by atoms with Gasteiger partial charge in [0.25, 0.3) is 0 Å². The normalized spacial score (nSPS) is 20.6. The molecular formula is C11H14N2O2. The Morgan fingerprint density at radius 1 is 1.67 bits per heavy atom. The number of pyridine rings is 1. The van der Waals surface area contributed by atoms with Gasteiger partial charge in [-0.1, -0.05) is 0 Å². The summed E-state index contributed by atoms with van der Waals surface area (Å²) in [5.41, 5.74) is 0.595. The lowest BCUT2D eigenvalue weighted by Gasteiger charge is -2.24. The van der Waals surface area contributed by atoms with Gasteiger partial charge in [-0.2, -0.15) is 0 Å². The lowest BCUT2D eigenvalue weighted by atomic mass is 10.2. The third-order valence-electron chi connectivity index (χ3n) is 2.80. The van der Waals surface area contributed by atoms with Crippen molar-refractivity contribution in [1.29, 1.82) is 0 Å². The van der Waals surface area contributed by atoms with Crippen LogP contribution in [0, 0.1) is 0 Å². The standard InChI is InChI=1S/C11H14N2O2/c14-7-9-3-1-5-12-11(9)13-6-2-4-10(13)8-15/h1,3,5,7,10,15H,2,4,6,8H2/t10-/m1/s1. The molecule has 1 atom stereocenters. The van der Waals surface area contributed by atoms with E-state index >= 15 is 0 Å². The maximum absolute atomic E-state index is 10.8. The average molecular weight is 206 g/mol. The molecular weight excluding hydrogens is 192 g/mol. The first kappa shape index (κ1) is 10.1. The largest absolute Gasteiger partial charge is 0.394 e. The molecule has 1 aromatic heterocycles. The van der Waals surface area contributed by atoms with Crippen LogP contribution in [-0.4, -0.2) is 35.6 Å². The molecule has 2 rings (SSSR count). The van der Waals surface area contributed by atoms with E-state index in [2.05, 4.69) is 4.98 Å². The lowest BCUT2D eigenvalue weighted by Crippen LogP contribution is -2.33. The molecule has 2 heterocycles. The van der Waals surface area contributed by atoms with Crippen molar-refractivity contribution in [2.45, 2.75) is 18.9 Å². The van der Waals surface area contributed by atoms with Crippen molar-refractivity contribution < 1.29 is 9.90 Å². The third-order valence-corrected chi connectivity index (χ3v) is 2.80. The first-order chi connectivity index (χ1) is 7.36. The number of nitrogens with zero attached hydrogens (tertiary/aromatic N) is 2. The Labute approximate surface area is 88.6 Å². The summed E-state index contributed by atoms with van der Waals surface area (Å²) in [6, 6.07) is 3.61. The Balaban J connectivity index is 2.31. The number of aromatic nitrogens is 1. The number of hydrogen-bond acceptors (Lipinski definition) is 4. The van der Waals surface area contributed by atoms with E-state index in [1.165, 1.54) is 0 Å². The Bertz CT molecular complexity index is 354. The van der Waals surface area contributed by atoms with E-state index in [-0.39, 0.29) is 12.6 Å². The highest BCUT2D eigenvalue weighted by molar-refractivity contribution is 5.82. The highest BCUT2D eigenvalue weighted by Gasteiger charge is 2.26. The van der Waals surface area contributed by atoms with E-state index in [0.29, 0.717) is 11.4 Å². The number of hydrogen-bond donors (Lipinski definition) is 1. The van der Waals surface area contributed by atoms with Gasteiger partial charge in [-0.05, 0) is 25.0 Å². The van der Waals surface area contributed by atoms with Crippen molar-refractivity contribution in [2.24, 2.45) is 0 Å². The molecule has 1 aromatic rings. The van der Waals surface area contributed by atoms with Gasteiger partial charge in [0.1, 0.15) is 5.82 Å². The number of carbonyl (C=O) groups excluding carboxylic acids is 1. The predicted molar refractivity (Wildman–Crippen MR) is 57.1 cm³/mol. The zero-order valence-electron chi connectivity index (χ0n) is 8.47. The Kier molecular flexibility index (Phi) is 2.97. The van der Waals surface area contributed by atoms with Gasteiger partial charge in [0, 0.05) is 12.7 Å². The van der Waals surface area contributed by atoms with Crippen LogP contribution < -0.4 is 4.90 Å². The van der Waals surface area contributed by atoms with Crippen molar-refractivity contribution in [3.63, 3.8) is 0 Å². The minimum atomic E-state index is 0.110. The number of aldehydes is 1. The molecule has 0 saturated carbocycles. The van der Waals surface area contributed by atoms with E-state index < -0.39 is 0 Å². The van der Waals surface area contributed by atoms with Crippen molar-refractivity contribution in [3.05, 3.63) is 23.9 Å². The first-order valence-electron chi connectivity index (χ1n) is 5.14. The Morgan fingerprint density at radius 3 is 3.27 bits per heavy atom. The molecule has 15 heavy (non-hydrogen) atoms. The molecule has 0 aliphatic carbocycles. The number of aliphatic hydroxyl groups excluding tert-OH is 1. The van der Waals surface area contributed by atoms with Crippen LogP contribution in [0.4, 0.5) is 5.82 Å². The molecule has 1 aliphatic heterocycles. The maximum atomic E-state index is 10.8. The average Bonchev–Trinajstić information content (AvgIpc) is 2.76. The molecule has 4 nitrogen and oxygen atoms in total. The maximum Gasteiger partial charge on any atom is 0.153 e. The van der Waals surface area contributed by atoms with Crippen LogP contribution in [0.25, 0.3) is 0 Å². The highest BCUT2D eigenvalue weighted by atomic mass is 16.3. The lowest BCUT2D eigenvalue weighted by molar-refractivity contribution is 0.112. The summed E-state index contributed by atoms with van der Waals surface area (Å²) >= 11 is 0. The minimum absolute atomic E-state index is 0.110. The van der Waals surface area contributed by atoms with Crippen molar-refractivity contribution in [3.8, 4) is 0 Å². The Morgan fingerprint density at radius 2 is 2.53 bits per heavy atom. The van der Waals surface area contributed by atoms with E-state index in [9.17, 15) is 9.90 Å². The minimum Gasteiger partial charge on any atom is -0.394 e. The molecule has 1 saturated heterocycles. The van der Waals surface area contributed by atoms with Gasteiger partial charge in [-0.15, -0.1) is 0 Å². The molecule has 0 amide bonds. The second kappa shape index (κ2) is 4.40. The van der Waals surface area contributed by atoms with Crippen LogP contribution in [-0.2, 0) is 0 Å². The van der Waals surface area contributed by atoms with E-state index in [4.69, 9.17) is 0 Å². The van der Waals surface area contributed by atoms with Crippen LogP contribution in [0.5, 0.6) is 0 Å². The van der Waals surface area contributed by atoms with Crippen LogP contribution in [0.1, 0.15) is 23.2 Å². The fourth-order valence-electron chi connectivity index (χ4n) is 2.05. The number of carbonyl (C=O) groups is 1. The van der Waals surface area contributed by atoms with E-state index in [0.717, 1.165) is 25.7 Å². The zero-order valence-corrected chi connectivity index (χ0v) is 8.47. The Hall–Kier alpha value is -1.42. The molecule has 0 aromatic carbocycles. The van der Waals surface area contributed by atoms with Gasteiger partial charge in [0.15, 0.2) is 6.29 Å². The summed E-state index contributed by atoms with van der Waals surface area (Å²) in [5.74, 6) is 0.698. The van der Waals surface area contributed by atoms with Crippen molar-refractivity contribution in [2.75, 3.05) is 18.1 Å². The van der Waals surface area contributed by atoms with Gasteiger partial charge in [-0.3, -0.25) is 4.79 Å². The number of anilines is 1. The van der Waals surface area contributed by atoms with Crippen LogP contribution in [0.3, 0.4) is 0 Å². The second-order valence-electron chi connectivity index (χ2n) is 3.71. The fraction of sp³-hybridized carbons (Fsp3) is 0.455. The second-order valence-corrected chi connectivity index (χ2v) is 3.71. The molecule has 80 valence electrons. The summed E-state index contributed by atoms with van der Waals surface area (Å²) < 4.78 is 0. The molecule has 1 N–H and O–H groups in total. The van der Waals surface area contributed by atoms with Crippen LogP contribution >= 0.6 is 0 Å². The molecule has 1 fully saturated rings. The summed E-state index contributed by atoms with van der Waals surface area (Å²) in [5, 5.41) is 9.20. The molecule has 1 aliphatic rings. The molecule has 0 unspecified atom stereocenters. The van der Waals surface area contributed by atoms with Gasteiger partial charge < -0.3 is 10.0 Å². The van der Waals surface area contributed by atoms with Crippen molar-refractivity contribution in [1.82, 2.24) is 4.98 Å². The van der Waals surface area contributed by atoms with Gasteiger partial charge in [0.05, 0.1) is 18.2 Å².